The van der Waals surface area contributed by atoms with Crippen LogP contribution in [0.4, 0.5) is 0 Å². The second kappa shape index (κ2) is 6.44. The highest BCUT2D eigenvalue weighted by atomic mass is 14.9. The van der Waals surface area contributed by atoms with Gasteiger partial charge >= 0.3 is 0 Å². The molecule has 2 aromatic rings. The largest absolute Gasteiger partial charge is 0.313 e. The molecule has 1 heteroatoms. The summed E-state index contributed by atoms with van der Waals surface area (Å²) >= 11 is 0. The van der Waals surface area contributed by atoms with Crippen molar-refractivity contribution in [1.82, 2.24) is 5.32 Å². The molecule has 1 nitrogen and oxygen atoms in total. The van der Waals surface area contributed by atoms with Crippen molar-refractivity contribution in [2.24, 2.45) is 0 Å². The molecule has 112 valence electrons. The summed E-state index contributed by atoms with van der Waals surface area (Å²) in [6.07, 6.45) is 1.02. The number of rotatable bonds is 4. The zero-order valence-electron chi connectivity index (χ0n) is 13.9. The van der Waals surface area contributed by atoms with Crippen molar-refractivity contribution in [3.05, 3.63) is 70.8 Å². The fourth-order valence-electron chi connectivity index (χ4n) is 2.56. The molecule has 1 N–H and O–H groups in total. The van der Waals surface area contributed by atoms with Crippen molar-refractivity contribution in [3.8, 4) is 0 Å². The van der Waals surface area contributed by atoms with Crippen molar-refractivity contribution in [1.29, 1.82) is 0 Å². The van der Waals surface area contributed by atoms with Crippen LogP contribution in [-0.4, -0.2) is 7.05 Å². The van der Waals surface area contributed by atoms with Crippen LogP contribution in [-0.2, 0) is 11.8 Å². The van der Waals surface area contributed by atoms with Gasteiger partial charge in [0, 0.05) is 6.04 Å². The number of nitrogens with one attached hydrogen (secondary N) is 1. The molecule has 1 unspecified atom stereocenters. The topological polar surface area (TPSA) is 12.0 Å². The third kappa shape index (κ3) is 4.18. The molecule has 0 bridgehead atoms. The minimum atomic E-state index is 0.213. The maximum atomic E-state index is 3.44. The van der Waals surface area contributed by atoms with Crippen LogP contribution in [0.2, 0.25) is 0 Å². The molecule has 21 heavy (non-hydrogen) atoms. The summed E-state index contributed by atoms with van der Waals surface area (Å²) in [5.41, 5.74) is 5.64. The number of benzene rings is 2. The van der Waals surface area contributed by atoms with Gasteiger partial charge in [-0.1, -0.05) is 74.9 Å². The highest BCUT2D eigenvalue weighted by molar-refractivity contribution is 5.31. The Morgan fingerprint density at radius 3 is 1.95 bits per heavy atom. The molecule has 0 saturated heterocycles. The maximum Gasteiger partial charge on any atom is 0.0358 e. The Bertz CT molecular complexity index is 558. The van der Waals surface area contributed by atoms with E-state index in [-0.39, 0.29) is 5.41 Å². The Hall–Kier alpha value is -1.60. The molecule has 0 heterocycles. The Balaban J connectivity index is 2.15. The maximum absolute atomic E-state index is 3.44. The van der Waals surface area contributed by atoms with Gasteiger partial charge in [-0.15, -0.1) is 0 Å². The zero-order chi connectivity index (χ0) is 15.5. The van der Waals surface area contributed by atoms with E-state index in [9.17, 15) is 0 Å². The van der Waals surface area contributed by atoms with Gasteiger partial charge in [-0.2, -0.15) is 0 Å². The molecule has 0 radical (unpaired) electrons. The number of hydrogen-bond donors (Lipinski definition) is 1. The first-order valence-electron chi connectivity index (χ1n) is 7.73. The molecule has 0 saturated carbocycles. The predicted molar refractivity (Wildman–Crippen MR) is 91.8 cm³/mol. The third-order valence-electron chi connectivity index (χ3n) is 4.09. The lowest BCUT2D eigenvalue weighted by molar-refractivity contribution is 0.580. The molecule has 2 rings (SSSR count). The van der Waals surface area contributed by atoms with E-state index in [1.165, 1.54) is 22.3 Å². The van der Waals surface area contributed by atoms with Crippen molar-refractivity contribution in [3.63, 3.8) is 0 Å². The molecule has 0 aliphatic heterocycles. The standard InChI is InChI=1S/C20H27N/c1-15-6-8-16(9-7-15)14-19(21-5)17-10-12-18(13-11-17)20(2,3)4/h6-13,19,21H,14H2,1-5H3. The summed E-state index contributed by atoms with van der Waals surface area (Å²) in [5.74, 6) is 0. The molecule has 1 atom stereocenters. The predicted octanol–water partition coefficient (Wildman–Crippen LogP) is 4.80. The summed E-state index contributed by atoms with van der Waals surface area (Å²) in [4.78, 5) is 0. The van der Waals surface area contributed by atoms with Gasteiger partial charge in [0.25, 0.3) is 0 Å². The quantitative estimate of drug-likeness (QED) is 0.849. The molecule has 2 aromatic carbocycles. The highest BCUT2D eigenvalue weighted by Crippen LogP contribution is 2.25. The first kappa shape index (κ1) is 15.8. The molecule has 0 aliphatic rings. The van der Waals surface area contributed by atoms with Gasteiger partial charge in [0.15, 0.2) is 0 Å². The van der Waals surface area contributed by atoms with Gasteiger partial charge in [-0.05, 0) is 42.5 Å². The first-order valence-corrected chi connectivity index (χ1v) is 7.73. The van der Waals surface area contributed by atoms with Gasteiger partial charge in [-0.25, -0.2) is 0 Å². The van der Waals surface area contributed by atoms with Crippen LogP contribution in [0.3, 0.4) is 0 Å². The van der Waals surface area contributed by atoms with Gasteiger partial charge < -0.3 is 5.32 Å². The fourth-order valence-corrected chi connectivity index (χ4v) is 2.56. The van der Waals surface area contributed by atoms with E-state index in [0.717, 1.165) is 6.42 Å². The second-order valence-corrected chi connectivity index (χ2v) is 6.90. The SMILES string of the molecule is CNC(Cc1ccc(C)cc1)c1ccc(C(C)(C)C)cc1. The molecular weight excluding hydrogens is 254 g/mol. The number of aryl methyl sites for hydroxylation is 1. The summed E-state index contributed by atoms with van der Waals surface area (Å²) in [6.45, 7) is 8.89. The number of likely N-dealkylation sites (N-methyl/N-ethyl adjacent to an activating group) is 1. The fraction of sp³-hybridized carbons (Fsp3) is 0.400. The molecule has 0 spiro atoms. The normalized spacial score (nSPS) is 13.2. The van der Waals surface area contributed by atoms with Crippen LogP contribution in [0.5, 0.6) is 0 Å². The lowest BCUT2D eigenvalue weighted by Crippen LogP contribution is -2.19. The van der Waals surface area contributed by atoms with Gasteiger partial charge in [0.2, 0.25) is 0 Å². The molecule has 0 amide bonds. The highest BCUT2D eigenvalue weighted by Gasteiger charge is 2.15. The Kier molecular flexibility index (Phi) is 4.84. The Morgan fingerprint density at radius 1 is 0.905 bits per heavy atom. The van der Waals surface area contributed by atoms with Crippen LogP contribution in [0.25, 0.3) is 0 Å². The van der Waals surface area contributed by atoms with E-state index >= 15 is 0 Å². The van der Waals surface area contributed by atoms with E-state index in [0.29, 0.717) is 6.04 Å². The molecule has 0 fully saturated rings. The molecule has 0 aromatic heterocycles. The first-order chi connectivity index (χ1) is 9.90. The number of hydrogen-bond acceptors (Lipinski definition) is 1. The van der Waals surface area contributed by atoms with E-state index in [2.05, 4.69) is 81.5 Å². The van der Waals surface area contributed by atoms with E-state index < -0.39 is 0 Å². The summed E-state index contributed by atoms with van der Waals surface area (Å²) in [6, 6.07) is 18.2. The van der Waals surface area contributed by atoms with Crippen LogP contribution in [0.15, 0.2) is 48.5 Å². The zero-order valence-corrected chi connectivity index (χ0v) is 13.9. The lowest BCUT2D eigenvalue weighted by atomic mass is 9.86. The average molecular weight is 281 g/mol. The van der Waals surface area contributed by atoms with Crippen molar-refractivity contribution in [2.75, 3.05) is 7.05 Å². The van der Waals surface area contributed by atoms with E-state index in [1.54, 1.807) is 0 Å². The van der Waals surface area contributed by atoms with Crippen molar-refractivity contribution < 1.29 is 0 Å². The minimum Gasteiger partial charge on any atom is -0.313 e. The summed E-state index contributed by atoms with van der Waals surface area (Å²) in [5, 5.41) is 3.44. The monoisotopic (exact) mass is 281 g/mol. The van der Waals surface area contributed by atoms with Crippen LogP contribution in [0, 0.1) is 6.92 Å². The average Bonchev–Trinajstić information content (AvgIpc) is 2.46. The second-order valence-electron chi connectivity index (χ2n) is 6.90. The molecular formula is C20H27N. The van der Waals surface area contributed by atoms with E-state index in [1.807, 2.05) is 7.05 Å². The van der Waals surface area contributed by atoms with Crippen molar-refractivity contribution in [2.45, 2.75) is 45.6 Å². The van der Waals surface area contributed by atoms with Gasteiger partial charge in [0.05, 0.1) is 0 Å². The minimum absolute atomic E-state index is 0.213. The van der Waals surface area contributed by atoms with Gasteiger partial charge in [-0.3, -0.25) is 0 Å². The van der Waals surface area contributed by atoms with Crippen LogP contribution in [0.1, 0.15) is 49.1 Å². The summed E-state index contributed by atoms with van der Waals surface area (Å²) in [7, 11) is 2.04. The molecule has 0 aliphatic carbocycles. The smallest absolute Gasteiger partial charge is 0.0358 e. The van der Waals surface area contributed by atoms with Crippen molar-refractivity contribution >= 4 is 0 Å². The van der Waals surface area contributed by atoms with Gasteiger partial charge in [0.1, 0.15) is 0 Å². The van der Waals surface area contributed by atoms with E-state index in [4.69, 9.17) is 0 Å². The Labute approximate surface area is 129 Å². The Morgan fingerprint density at radius 2 is 1.48 bits per heavy atom. The van der Waals surface area contributed by atoms with Crippen LogP contribution < -0.4 is 5.32 Å². The van der Waals surface area contributed by atoms with Crippen LogP contribution >= 0.6 is 0 Å². The third-order valence-corrected chi connectivity index (χ3v) is 4.09. The lowest BCUT2D eigenvalue weighted by Gasteiger charge is -2.21. The summed E-state index contributed by atoms with van der Waals surface area (Å²) < 4.78 is 0.